The van der Waals surface area contributed by atoms with E-state index in [1.807, 2.05) is 55.5 Å². The van der Waals surface area contributed by atoms with Gasteiger partial charge in [0.05, 0.1) is 18.7 Å². The predicted molar refractivity (Wildman–Crippen MR) is 111 cm³/mol. The maximum atomic E-state index is 12.5. The molecule has 2 amide bonds. The number of anilines is 2. The summed E-state index contributed by atoms with van der Waals surface area (Å²) in [5.74, 6) is 0.0856. The highest BCUT2D eigenvalue weighted by Gasteiger charge is 2.14. The van der Waals surface area contributed by atoms with Crippen LogP contribution in [0, 0.1) is 0 Å². The van der Waals surface area contributed by atoms with E-state index in [0.717, 1.165) is 12.0 Å². The minimum atomic E-state index is -0.354. The van der Waals surface area contributed by atoms with E-state index in [4.69, 9.17) is 4.74 Å². The third kappa shape index (κ3) is 5.40. The van der Waals surface area contributed by atoms with Crippen LogP contribution in [-0.4, -0.2) is 23.4 Å². The quantitative estimate of drug-likeness (QED) is 0.594. The third-order valence-corrected chi connectivity index (χ3v) is 4.55. The summed E-state index contributed by atoms with van der Waals surface area (Å²) in [6.07, 6.45) is 1.13. The Labute approximate surface area is 167 Å². The van der Waals surface area contributed by atoms with Gasteiger partial charge < -0.3 is 15.4 Å². The molecule has 0 fully saturated rings. The molecule has 0 aliphatic rings. The number of nitrogens with zero attached hydrogens (tertiary/aromatic N) is 1. The number of thiazole rings is 1. The van der Waals surface area contributed by atoms with Gasteiger partial charge in [0, 0.05) is 5.38 Å². The topological polar surface area (TPSA) is 80.3 Å². The molecule has 0 spiro atoms. The van der Waals surface area contributed by atoms with Crippen molar-refractivity contribution in [1.82, 2.24) is 4.98 Å². The molecule has 0 aliphatic carbocycles. The Kier molecular flexibility index (Phi) is 6.75. The monoisotopic (exact) mass is 395 g/mol. The number of benzene rings is 2. The van der Waals surface area contributed by atoms with Crippen LogP contribution in [0.1, 0.15) is 29.4 Å². The number of nitrogens with one attached hydrogen (secondary N) is 2. The number of ether oxygens (including phenoxy) is 1. The van der Waals surface area contributed by atoms with Gasteiger partial charge in [-0.05, 0) is 24.1 Å². The van der Waals surface area contributed by atoms with Crippen LogP contribution in [0.2, 0.25) is 0 Å². The lowest BCUT2D eigenvalue weighted by Crippen LogP contribution is -2.16. The molecule has 7 heteroatoms. The minimum Gasteiger partial charge on any atom is -0.491 e. The molecule has 0 saturated heterocycles. The van der Waals surface area contributed by atoms with Crippen LogP contribution in [0.5, 0.6) is 5.75 Å². The molecule has 1 heterocycles. The zero-order valence-corrected chi connectivity index (χ0v) is 16.3. The van der Waals surface area contributed by atoms with E-state index in [-0.39, 0.29) is 23.9 Å². The van der Waals surface area contributed by atoms with Crippen molar-refractivity contribution in [3.63, 3.8) is 0 Å². The third-order valence-electron chi connectivity index (χ3n) is 3.79. The summed E-state index contributed by atoms with van der Waals surface area (Å²) >= 11 is 1.21. The summed E-state index contributed by atoms with van der Waals surface area (Å²) in [4.78, 5) is 28.8. The van der Waals surface area contributed by atoms with Crippen molar-refractivity contribution in [2.24, 2.45) is 0 Å². The maximum Gasteiger partial charge on any atom is 0.275 e. The van der Waals surface area contributed by atoms with Crippen molar-refractivity contribution in [2.45, 2.75) is 19.8 Å². The van der Waals surface area contributed by atoms with Gasteiger partial charge in [-0.15, -0.1) is 11.3 Å². The van der Waals surface area contributed by atoms with Crippen molar-refractivity contribution < 1.29 is 14.3 Å². The number of para-hydroxylation sites is 2. The van der Waals surface area contributed by atoms with E-state index in [1.165, 1.54) is 11.3 Å². The van der Waals surface area contributed by atoms with Crippen molar-refractivity contribution in [2.75, 3.05) is 17.2 Å². The van der Waals surface area contributed by atoms with Crippen molar-refractivity contribution in [3.8, 4) is 5.75 Å². The van der Waals surface area contributed by atoms with Gasteiger partial charge in [-0.1, -0.05) is 49.4 Å². The first kappa shape index (κ1) is 19.6. The summed E-state index contributed by atoms with van der Waals surface area (Å²) in [5.41, 5.74) is 1.74. The molecular formula is C21H21N3O3S. The number of amides is 2. The second kappa shape index (κ2) is 9.66. The van der Waals surface area contributed by atoms with Crippen molar-refractivity contribution >= 4 is 34.0 Å². The highest BCUT2D eigenvalue weighted by molar-refractivity contribution is 7.14. The Morgan fingerprint density at radius 1 is 1.04 bits per heavy atom. The summed E-state index contributed by atoms with van der Waals surface area (Å²) < 4.78 is 5.65. The van der Waals surface area contributed by atoms with Gasteiger partial charge in [-0.2, -0.15) is 0 Å². The first-order valence-corrected chi connectivity index (χ1v) is 9.86. The van der Waals surface area contributed by atoms with Gasteiger partial charge in [-0.25, -0.2) is 4.98 Å². The van der Waals surface area contributed by atoms with Crippen LogP contribution in [0.15, 0.2) is 60.0 Å². The zero-order valence-electron chi connectivity index (χ0n) is 15.5. The normalized spacial score (nSPS) is 10.3. The van der Waals surface area contributed by atoms with Gasteiger partial charge in [0.2, 0.25) is 5.91 Å². The molecule has 0 radical (unpaired) electrons. The number of aromatic nitrogens is 1. The Bertz CT molecular complexity index is 941. The smallest absolute Gasteiger partial charge is 0.275 e. The van der Waals surface area contributed by atoms with E-state index < -0.39 is 0 Å². The van der Waals surface area contributed by atoms with Crippen LogP contribution in [-0.2, 0) is 11.2 Å². The molecule has 28 heavy (non-hydrogen) atoms. The van der Waals surface area contributed by atoms with Gasteiger partial charge in [0.15, 0.2) is 5.13 Å². The standard InChI is InChI=1S/C21H21N3O3S/c1-2-12-27-18-11-7-6-10-16(18)22-20(26)17-14-28-21(23-17)24-19(25)13-15-8-4-3-5-9-15/h3-11,14H,2,12-13H2,1H3,(H,22,26)(H,23,24,25). The van der Waals surface area contributed by atoms with Crippen molar-refractivity contribution in [1.29, 1.82) is 0 Å². The molecule has 3 aromatic rings. The molecule has 0 atom stereocenters. The largest absolute Gasteiger partial charge is 0.491 e. The Morgan fingerprint density at radius 3 is 2.57 bits per heavy atom. The van der Waals surface area contributed by atoms with Crippen molar-refractivity contribution in [3.05, 3.63) is 71.2 Å². The second-order valence-electron chi connectivity index (χ2n) is 6.05. The van der Waals surface area contributed by atoms with Gasteiger partial charge in [0.1, 0.15) is 11.4 Å². The number of rotatable bonds is 8. The SMILES string of the molecule is CCCOc1ccccc1NC(=O)c1csc(NC(=O)Cc2ccccc2)n1. The van der Waals surface area contributed by atoms with Crippen LogP contribution in [0.4, 0.5) is 10.8 Å². The molecule has 3 rings (SSSR count). The van der Waals surface area contributed by atoms with E-state index in [0.29, 0.717) is 23.2 Å². The molecular weight excluding hydrogens is 374 g/mol. The van der Waals surface area contributed by atoms with E-state index in [2.05, 4.69) is 15.6 Å². The van der Waals surface area contributed by atoms with Crippen LogP contribution in [0.25, 0.3) is 0 Å². The molecule has 0 unspecified atom stereocenters. The van der Waals surface area contributed by atoms with E-state index in [1.54, 1.807) is 11.4 Å². The molecule has 2 N–H and O–H groups in total. The van der Waals surface area contributed by atoms with E-state index in [9.17, 15) is 9.59 Å². The predicted octanol–water partition coefficient (Wildman–Crippen LogP) is 4.37. The van der Waals surface area contributed by atoms with Crippen LogP contribution >= 0.6 is 11.3 Å². The number of carbonyl (C=O) groups is 2. The molecule has 0 aliphatic heterocycles. The minimum absolute atomic E-state index is 0.175. The first-order chi connectivity index (χ1) is 13.7. The number of hydrogen-bond acceptors (Lipinski definition) is 5. The highest BCUT2D eigenvalue weighted by atomic mass is 32.1. The summed E-state index contributed by atoms with van der Waals surface area (Å²) in [5, 5.41) is 7.55. The molecule has 0 bridgehead atoms. The molecule has 0 saturated carbocycles. The molecule has 144 valence electrons. The first-order valence-electron chi connectivity index (χ1n) is 8.98. The van der Waals surface area contributed by atoms with Gasteiger partial charge >= 0.3 is 0 Å². The Balaban J connectivity index is 1.60. The van der Waals surface area contributed by atoms with Gasteiger partial charge in [0.25, 0.3) is 5.91 Å². The fourth-order valence-corrected chi connectivity index (χ4v) is 3.18. The fourth-order valence-electron chi connectivity index (χ4n) is 2.47. The number of hydrogen-bond donors (Lipinski definition) is 2. The lowest BCUT2D eigenvalue weighted by atomic mass is 10.1. The van der Waals surface area contributed by atoms with E-state index >= 15 is 0 Å². The Hall–Kier alpha value is -3.19. The summed E-state index contributed by atoms with van der Waals surface area (Å²) in [7, 11) is 0. The van der Waals surface area contributed by atoms with Gasteiger partial charge in [-0.3, -0.25) is 9.59 Å². The second-order valence-corrected chi connectivity index (χ2v) is 6.91. The molecule has 2 aromatic carbocycles. The summed E-state index contributed by atoms with van der Waals surface area (Å²) in [6, 6.07) is 16.7. The van der Waals surface area contributed by atoms with Crippen LogP contribution in [0.3, 0.4) is 0 Å². The zero-order chi connectivity index (χ0) is 19.8. The fraction of sp³-hybridized carbons (Fsp3) is 0.190. The highest BCUT2D eigenvalue weighted by Crippen LogP contribution is 2.25. The average molecular weight is 395 g/mol. The van der Waals surface area contributed by atoms with Crippen LogP contribution < -0.4 is 15.4 Å². The number of carbonyl (C=O) groups excluding carboxylic acids is 2. The molecule has 1 aromatic heterocycles. The lowest BCUT2D eigenvalue weighted by Gasteiger charge is -2.11. The Morgan fingerprint density at radius 2 is 1.79 bits per heavy atom. The molecule has 6 nitrogen and oxygen atoms in total. The lowest BCUT2D eigenvalue weighted by molar-refractivity contribution is -0.115. The maximum absolute atomic E-state index is 12.5. The summed E-state index contributed by atoms with van der Waals surface area (Å²) in [6.45, 7) is 2.59. The average Bonchev–Trinajstić information content (AvgIpc) is 3.16.